The number of carbonyl (C=O) groups excluding carboxylic acids is 1. The second-order valence-corrected chi connectivity index (χ2v) is 8.79. The SMILES string of the molecule is CCOP(C)(=O)OCC[N+](C)(C)CCCC(=O)Oc1ccc([N+](=O)[O-])cc1. The smallest absolute Gasteiger partial charge is 0.327 e. The van der Waals surface area contributed by atoms with Gasteiger partial charge in [-0.3, -0.25) is 19.5 Å². The topological polar surface area (TPSA) is 105 Å². The number of rotatable bonds is 12. The van der Waals surface area contributed by atoms with E-state index in [2.05, 4.69) is 0 Å². The summed E-state index contributed by atoms with van der Waals surface area (Å²) in [5, 5.41) is 10.6. The van der Waals surface area contributed by atoms with Crippen LogP contribution < -0.4 is 4.74 Å². The van der Waals surface area contributed by atoms with E-state index in [-0.39, 0.29) is 17.9 Å². The zero-order valence-corrected chi connectivity index (χ0v) is 17.1. The van der Waals surface area contributed by atoms with Gasteiger partial charge in [-0.15, -0.1) is 0 Å². The van der Waals surface area contributed by atoms with Crippen LogP contribution >= 0.6 is 7.60 Å². The van der Waals surface area contributed by atoms with Crippen molar-refractivity contribution in [3.63, 3.8) is 0 Å². The van der Waals surface area contributed by atoms with Crippen molar-refractivity contribution in [2.45, 2.75) is 19.8 Å². The Kier molecular flexibility index (Phi) is 9.05. The van der Waals surface area contributed by atoms with E-state index in [1.807, 2.05) is 14.1 Å². The Labute approximate surface area is 159 Å². The summed E-state index contributed by atoms with van der Waals surface area (Å²) in [4.78, 5) is 22.0. The van der Waals surface area contributed by atoms with Crippen LogP contribution in [0, 0.1) is 10.1 Å². The Balaban J connectivity index is 2.32. The lowest BCUT2D eigenvalue weighted by molar-refractivity contribution is -0.890. The number of likely N-dealkylation sites (N-methyl/N-ethyl adjacent to an activating group) is 1. The summed E-state index contributed by atoms with van der Waals surface area (Å²) in [6, 6.07) is 5.37. The van der Waals surface area contributed by atoms with Crippen LogP contribution in [0.15, 0.2) is 24.3 Å². The molecule has 10 heteroatoms. The Hall–Kier alpha value is -1.80. The molecule has 0 radical (unpaired) electrons. The third kappa shape index (κ3) is 9.63. The molecular weight excluding hydrogens is 375 g/mol. The first-order valence-corrected chi connectivity index (χ1v) is 10.7. The number of quaternary nitrogens is 1. The fraction of sp³-hybridized carbons (Fsp3) is 0.588. The maximum atomic E-state index is 11.9. The molecule has 0 amide bonds. The number of hydrogen-bond donors (Lipinski definition) is 0. The van der Waals surface area contributed by atoms with Gasteiger partial charge in [-0.05, 0) is 19.1 Å². The van der Waals surface area contributed by atoms with Crippen molar-refractivity contribution < 1.29 is 32.6 Å². The average molecular weight is 403 g/mol. The molecule has 152 valence electrons. The highest BCUT2D eigenvalue weighted by Gasteiger charge is 2.20. The minimum atomic E-state index is -3.00. The third-order valence-corrected chi connectivity index (χ3v) is 5.19. The maximum Gasteiger partial charge on any atom is 0.327 e. The van der Waals surface area contributed by atoms with E-state index in [1.165, 1.54) is 30.9 Å². The predicted molar refractivity (Wildman–Crippen MR) is 101 cm³/mol. The van der Waals surface area contributed by atoms with Gasteiger partial charge in [0.2, 0.25) is 0 Å². The Morgan fingerprint density at radius 2 is 1.81 bits per heavy atom. The number of carbonyl (C=O) groups is 1. The van der Waals surface area contributed by atoms with Crippen molar-refractivity contribution in [2.75, 3.05) is 47.1 Å². The van der Waals surface area contributed by atoms with Crippen LogP contribution in [0.4, 0.5) is 5.69 Å². The molecule has 0 spiro atoms. The number of esters is 1. The average Bonchev–Trinajstić information content (AvgIpc) is 2.54. The van der Waals surface area contributed by atoms with Crippen molar-refractivity contribution in [1.29, 1.82) is 0 Å². The zero-order chi connectivity index (χ0) is 20.5. The highest BCUT2D eigenvalue weighted by molar-refractivity contribution is 7.52. The van der Waals surface area contributed by atoms with Crippen LogP contribution in [0.1, 0.15) is 19.8 Å². The second-order valence-electron chi connectivity index (χ2n) is 6.73. The molecule has 27 heavy (non-hydrogen) atoms. The van der Waals surface area contributed by atoms with E-state index in [0.717, 1.165) is 0 Å². The molecule has 0 N–H and O–H groups in total. The summed E-state index contributed by atoms with van der Waals surface area (Å²) < 4.78 is 28.0. The molecule has 0 fully saturated rings. The van der Waals surface area contributed by atoms with Crippen molar-refractivity contribution >= 4 is 19.3 Å². The first-order valence-electron chi connectivity index (χ1n) is 8.68. The minimum Gasteiger partial charge on any atom is -0.427 e. The van der Waals surface area contributed by atoms with Crippen molar-refractivity contribution in [3.8, 4) is 5.75 Å². The molecule has 1 aromatic rings. The first-order chi connectivity index (χ1) is 12.5. The Morgan fingerprint density at radius 1 is 1.19 bits per heavy atom. The summed E-state index contributed by atoms with van der Waals surface area (Å²) >= 11 is 0. The van der Waals surface area contributed by atoms with Crippen LogP contribution in [0.25, 0.3) is 0 Å². The van der Waals surface area contributed by atoms with Gasteiger partial charge in [0, 0.05) is 25.2 Å². The molecule has 1 aromatic carbocycles. The van der Waals surface area contributed by atoms with E-state index in [1.54, 1.807) is 6.92 Å². The molecule has 1 rings (SSSR count). The fourth-order valence-corrected chi connectivity index (χ4v) is 3.26. The van der Waals surface area contributed by atoms with E-state index in [9.17, 15) is 19.5 Å². The highest BCUT2D eigenvalue weighted by atomic mass is 31.2. The minimum absolute atomic E-state index is 0.0583. The zero-order valence-electron chi connectivity index (χ0n) is 16.3. The van der Waals surface area contributed by atoms with Gasteiger partial charge in [-0.1, -0.05) is 0 Å². The summed E-state index contributed by atoms with van der Waals surface area (Å²) in [7, 11) is 0.990. The molecule has 0 aromatic heterocycles. The number of non-ortho nitro benzene ring substituents is 1. The van der Waals surface area contributed by atoms with E-state index >= 15 is 0 Å². The van der Waals surface area contributed by atoms with Crippen LogP contribution in [-0.4, -0.2) is 62.4 Å². The van der Waals surface area contributed by atoms with Gasteiger partial charge in [0.05, 0.1) is 38.6 Å². The van der Waals surface area contributed by atoms with Gasteiger partial charge in [0.1, 0.15) is 18.9 Å². The summed E-state index contributed by atoms with van der Waals surface area (Å²) in [6.45, 7) is 5.18. The molecule has 0 saturated carbocycles. The largest absolute Gasteiger partial charge is 0.427 e. The highest BCUT2D eigenvalue weighted by Crippen LogP contribution is 2.43. The molecule has 0 aliphatic heterocycles. The van der Waals surface area contributed by atoms with Gasteiger partial charge >= 0.3 is 13.6 Å². The summed E-state index contributed by atoms with van der Waals surface area (Å²) in [6.07, 6.45) is 0.832. The number of hydrogen-bond acceptors (Lipinski definition) is 7. The van der Waals surface area contributed by atoms with E-state index in [0.29, 0.717) is 37.2 Å². The lowest BCUT2D eigenvalue weighted by Crippen LogP contribution is -2.43. The standard InChI is InChI=1S/C17H28N2O7P/c1-5-24-27(4,23)25-14-13-19(2,3)12-6-7-17(20)26-16-10-8-15(9-11-16)18(21)22/h8-11H,5-7,12-14H2,1-4H3/q+1. The van der Waals surface area contributed by atoms with Crippen molar-refractivity contribution in [1.82, 2.24) is 0 Å². The van der Waals surface area contributed by atoms with Crippen LogP contribution in [-0.2, 0) is 18.4 Å². The van der Waals surface area contributed by atoms with Crippen LogP contribution in [0.5, 0.6) is 5.75 Å². The molecule has 0 aliphatic carbocycles. The molecule has 9 nitrogen and oxygen atoms in total. The number of benzene rings is 1. The molecule has 0 saturated heterocycles. The normalized spacial score (nSPS) is 13.8. The third-order valence-electron chi connectivity index (χ3n) is 3.81. The van der Waals surface area contributed by atoms with Crippen molar-refractivity contribution in [2.24, 2.45) is 0 Å². The van der Waals surface area contributed by atoms with Crippen molar-refractivity contribution in [3.05, 3.63) is 34.4 Å². The summed E-state index contributed by atoms with van der Waals surface area (Å²) in [5.74, 6) is -0.114. The molecule has 1 unspecified atom stereocenters. The lowest BCUT2D eigenvalue weighted by atomic mass is 10.2. The van der Waals surface area contributed by atoms with E-state index < -0.39 is 18.5 Å². The van der Waals surface area contributed by atoms with E-state index in [4.69, 9.17) is 13.8 Å². The Bertz CT molecular complexity index is 676. The first kappa shape index (κ1) is 23.2. The Morgan fingerprint density at radius 3 is 2.37 bits per heavy atom. The molecule has 0 heterocycles. The number of nitro benzene ring substituents is 1. The monoisotopic (exact) mass is 403 g/mol. The molecule has 1 atom stereocenters. The van der Waals surface area contributed by atoms with Crippen LogP contribution in [0.2, 0.25) is 0 Å². The molecular formula is C17H28N2O7P+. The number of ether oxygens (including phenoxy) is 1. The maximum absolute atomic E-state index is 11.9. The molecule has 0 bridgehead atoms. The number of nitrogens with zero attached hydrogens (tertiary/aromatic N) is 2. The van der Waals surface area contributed by atoms with Gasteiger partial charge in [-0.2, -0.15) is 0 Å². The summed E-state index contributed by atoms with van der Waals surface area (Å²) in [5.41, 5.74) is -0.0583. The van der Waals surface area contributed by atoms with Gasteiger partial charge in [-0.25, -0.2) is 0 Å². The van der Waals surface area contributed by atoms with Gasteiger partial charge < -0.3 is 18.3 Å². The second kappa shape index (κ2) is 10.5. The quantitative estimate of drug-likeness (QED) is 0.132. The predicted octanol–water partition coefficient (Wildman–Crippen LogP) is 3.23. The molecule has 0 aliphatic rings. The lowest BCUT2D eigenvalue weighted by Gasteiger charge is -2.30. The van der Waals surface area contributed by atoms with Gasteiger partial charge in [0.25, 0.3) is 5.69 Å². The van der Waals surface area contributed by atoms with Crippen LogP contribution in [0.3, 0.4) is 0 Å². The number of nitro groups is 1. The fourth-order valence-electron chi connectivity index (χ4n) is 2.31. The van der Waals surface area contributed by atoms with Gasteiger partial charge in [0.15, 0.2) is 0 Å².